The van der Waals surface area contributed by atoms with Crippen LogP contribution >= 0.6 is 0 Å². The molecule has 0 radical (unpaired) electrons. The minimum Gasteiger partial charge on any atom is -0.465 e. The molecule has 1 amide bonds. The molecule has 1 aromatic carbocycles. The predicted molar refractivity (Wildman–Crippen MR) is 97.0 cm³/mol. The fraction of sp³-hybridized carbons (Fsp3) is 0.611. The van der Waals surface area contributed by atoms with Crippen LogP contribution < -0.4 is 5.46 Å². The Labute approximate surface area is 149 Å². The molecule has 0 aliphatic carbocycles. The summed E-state index contributed by atoms with van der Waals surface area (Å²) < 4.78 is 12.3. The lowest BCUT2D eigenvalue weighted by Gasteiger charge is -2.33. The van der Waals surface area contributed by atoms with Crippen LogP contribution in [0, 0.1) is 0 Å². The van der Waals surface area contributed by atoms with E-state index in [1.54, 1.807) is 0 Å². The van der Waals surface area contributed by atoms with E-state index in [0.29, 0.717) is 13.1 Å². The van der Waals surface area contributed by atoms with Gasteiger partial charge in [0.05, 0.1) is 11.2 Å². The van der Waals surface area contributed by atoms with Crippen molar-refractivity contribution >= 4 is 18.7 Å². The standard InChI is InChI=1S/C18H27BN2O4/c1-17(2)18(3,4)25-19(24-17)15-7-5-6-14(12-15)13-20-8-10-21(11-9-20)16(22)23/h5-7,12H,8-11,13H2,1-4H3,(H,22,23). The molecular formula is C18H27BN2O4. The van der Waals surface area contributed by atoms with Gasteiger partial charge in [-0.2, -0.15) is 0 Å². The van der Waals surface area contributed by atoms with E-state index in [4.69, 9.17) is 14.4 Å². The smallest absolute Gasteiger partial charge is 0.465 e. The van der Waals surface area contributed by atoms with Crippen LogP contribution in [0.15, 0.2) is 24.3 Å². The van der Waals surface area contributed by atoms with Crippen molar-refractivity contribution in [3.63, 3.8) is 0 Å². The summed E-state index contributed by atoms with van der Waals surface area (Å²) in [6, 6.07) is 8.29. The van der Waals surface area contributed by atoms with Gasteiger partial charge in [0.25, 0.3) is 0 Å². The molecule has 136 valence electrons. The normalized spacial score (nSPS) is 23.0. The lowest BCUT2D eigenvalue weighted by molar-refractivity contribution is 0.00578. The lowest BCUT2D eigenvalue weighted by Crippen LogP contribution is -2.47. The molecule has 2 saturated heterocycles. The first-order valence-corrected chi connectivity index (χ1v) is 8.83. The average molecular weight is 346 g/mol. The number of rotatable bonds is 3. The van der Waals surface area contributed by atoms with Gasteiger partial charge in [0.1, 0.15) is 0 Å². The van der Waals surface area contributed by atoms with E-state index in [0.717, 1.165) is 25.1 Å². The maximum absolute atomic E-state index is 11.0. The molecule has 0 atom stereocenters. The van der Waals surface area contributed by atoms with E-state index in [2.05, 4.69) is 44.7 Å². The van der Waals surface area contributed by atoms with Crippen LogP contribution in [0.4, 0.5) is 4.79 Å². The number of hydrogen-bond donors (Lipinski definition) is 1. The van der Waals surface area contributed by atoms with Crippen molar-refractivity contribution in [1.29, 1.82) is 0 Å². The van der Waals surface area contributed by atoms with E-state index < -0.39 is 6.09 Å². The Morgan fingerprint density at radius 3 is 2.28 bits per heavy atom. The SMILES string of the molecule is CC1(C)OB(c2cccc(CN3CCN(C(=O)O)CC3)c2)OC1(C)C. The highest BCUT2D eigenvalue weighted by atomic mass is 16.7. The van der Waals surface area contributed by atoms with Gasteiger partial charge in [-0.1, -0.05) is 24.3 Å². The molecule has 0 saturated carbocycles. The highest BCUT2D eigenvalue weighted by molar-refractivity contribution is 6.62. The first kappa shape index (κ1) is 18.2. The number of benzene rings is 1. The summed E-state index contributed by atoms with van der Waals surface area (Å²) in [7, 11) is -0.353. The topological polar surface area (TPSA) is 62.2 Å². The Morgan fingerprint density at radius 1 is 1.12 bits per heavy atom. The number of hydrogen-bond acceptors (Lipinski definition) is 4. The maximum atomic E-state index is 11.0. The molecule has 1 N–H and O–H groups in total. The zero-order chi connectivity index (χ0) is 18.2. The summed E-state index contributed by atoms with van der Waals surface area (Å²) in [5.74, 6) is 0. The van der Waals surface area contributed by atoms with Crippen molar-refractivity contribution < 1.29 is 19.2 Å². The first-order valence-electron chi connectivity index (χ1n) is 8.83. The third-order valence-electron chi connectivity index (χ3n) is 5.53. The molecule has 0 spiro atoms. The third-order valence-corrected chi connectivity index (χ3v) is 5.53. The van der Waals surface area contributed by atoms with Crippen LogP contribution in [0.3, 0.4) is 0 Å². The predicted octanol–water partition coefficient (Wildman–Crippen LogP) is 1.78. The van der Waals surface area contributed by atoms with E-state index in [1.165, 1.54) is 10.5 Å². The number of carboxylic acid groups (broad SMARTS) is 1. The molecule has 2 fully saturated rings. The molecule has 0 unspecified atom stereocenters. The lowest BCUT2D eigenvalue weighted by atomic mass is 9.78. The first-order chi connectivity index (χ1) is 11.7. The number of amides is 1. The van der Waals surface area contributed by atoms with Crippen molar-refractivity contribution in [3.8, 4) is 0 Å². The molecule has 2 aliphatic rings. The maximum Gasteiger partial charge on any atom is 0.494 e. The Kier molecular flexibility index (Phi) is 4.83. The van der Waals surface area contributed by atoms with Crippen molar-refractivity contribution in [2.75, 3.05) is 26.2 Å². The fourth-order valence-electron chi connectivity index (χ4n) is 3.17. The van der Waals surface area contributed by atoms with Gasteiger partial charge < -0.3 is 19.3 Å². The summed E-state index contributed by atoms with van der Waals surface area (Å²) in [4.78, 5) is 14.7. The molecule has 0 aromatic heterocycles. The van der Waals surface area contributed by atoms with Gasteiger partial charge in [-0.15, -0.1) is 0 Å². The van der Waals surface area contributed by atoms with Crippen LogP contribution in [-0.2, 0) is 15.9 Å². The summed E-state index contributed by atoms with van der Waals surface area (Å²) in [6.45, 7) is 11.7. The summed E-state index contributed by atoms with van der Waals surface area (Å²) in [5, 5.41) is 9.04. The zero-order valence-electron chi connectivity index (χ0n) is 15.5. The second-order valence-electron chi connectivity index (χ2n) is 7.88. The van der Waals surface area contributed by atoms with Crippen LogP contribution in [0.5, 0.6) is 0 Å². The summed E-state index contributed by atoms with van der Waals surface area (Å²) in [5.41, 5.74) is 1.53. The molecule has 25 heavy (non-hydrogen) atoms. The zero-order valence-corrected chi connectivity index (χ0v) is 15.5. The monoisotopic (exact) mass is 346 g/mol. The van der Waals surface area contributed by atoms with Gasteiger partial charge in [0.15, 0.2) is 0 Å². The van der Waals surface area contributed by atoms with Crippen molar-refractivity contribution in [3.05, 3.63) is 29.8 Å². The Hall–Kier alpha value is -1.57. The number of nitrogens with zero attached hydrogens (tertiary/aromatic N) is 2. The van der Waals surface area contributed by atoms with Crippen LogP contribution in [0.1, 0.15) is 33.3 Å². The van der Waals surface area contributed by atoms with Crippen LogP contribution in [-0.4, -0.2) is 65.5 Å². The molecule has 2 aliphatic heterocycles. The van der Waals surface area contributed by atoms with Gasteiger partial charge in [0.2, 0.25) is 0 Å². The van der Waals surface area contributed by atoms with Crippen molar-refractivity contribution in [1.82, 2.24) is 9.80 Å². The second-order valence-corrected chi connectivity index (χ2v) is 7.88. The van der Waals surface area contributed by atoms with Gasteiger partial charge in [-0.25, -0.2) is 4.79 Å². The van der Waals surface area contributed by atoms with E-state index >= 15 is 0 Å². The molecule has 3 rings (SSSR count). The third kappa shape index (κ3) is 3.83. The highest BCUT2D eigenvalue weighted by Crippen LogP contribution is 2.36. The Bertz CT molecular complexity index is 626. The van der Waals surface area contributed by atoms with Gasteiger partial charge in [-0.05, 0) is 38.7 Å². The molecule has 0 bridgehead atoms. The van der Waals surface area contributed by atoms with Crippen molar-refractivity contribution in [2.45, 2.75) is 45.4 Å². The highest BCUT2D eigenvalue weighted by Gasteiger charge is 2.51. The molecular weight excluding hydrogens is 319 g/mol. The van der Waals surface area contributed by atoms with Crippen LogP contribution in [0.2, 0.25) is 0 Å². The molecule has 1 aromatic rings. The van der Waals surface area contributed by atoms with E-state index in [-0.39, 0.29) is 18.3 Å². The number of carbonyl (C=O) groups is 1. The average Bonchev–Trinajstić information content (AvgIpc) is 2.76. The van der Waals surface area contributed by atoms with E-state index in [1.807, 2.05) is 12.1 Å². The van der Waals surface area contributed by atoms with Gasteiger partial charge in [-0.3, -0.25) is 4.90 Å². The summed E-state index contributed by atoms with van der Waals surface area (Å²) >= 11 is 0. The number of piperazine rings is 1. The molecule has 6 nitrogen and oxygen atoms in total. The van der Waals surface area contributed by atoms with Crippen LogP contribution in [0.25, 0.3) is 0 Å². The Morgan fingerprint density at radius 2 is 1.72 bits per heavy atom. The largest absolute Gasteiger partial charge is 0.494 e. The molecule has 7 heteroatoms. The Balaban J connectivity index is 1.64. The van der Waals surface area contributed by atoms with Gasteiger partial charge >= 0.3 is 13.2 Å². The fourth-order valence-corrected chi connectivity index (χ4v) is 3.17. The molecule has 2 heterocycles. The van der Waals surface area contributed by atoms with E-state index in [9.17, 15) is 4.79 Å². The summed E-state index contributed by atoms with van der Waals surface area (Å²) in [6.07, 6.45) is -0.831. The second kappa shape index (κ2) is 6.63. The minimum absolute atomic E-state index is 0.346. The minimum atomic E-state index is -0.831. The van der Waals surface area contributed by atoms with Gasteiger partial charge in [0, 0.05) is 32.7 Å². The van der Waals surface area contributed by atoms with Crippen molar-refractivity contribution in [2.24, 2.45) is 0 Å². The quantitative estimate of drug-likeness (QED) is 0.846.